The van der Waals surface area contributed by atoms with Crippen molar-refractivity contribution in [3.05, 3.63) is 29.0 Å². The Morgan fingerprint density at radius 1 is 1.53 bits per heavy atom. The second-order valence-corrected chi connectivity index (χ2v) is 3.17. The van der Waals surface area contributed by atoms with Crippen LogP contribution in [0.3, 0.4) is 0 Å². The molecular formula is C9H10ClFN2O2. The third-order valence-electron chi connectivity index (χ3n) is 1.57. The summed E-state index contributed by atoms with van der Waals surface area (Å²) in [7, 11) is 0. The summed E-state index contributed by atoms with van der Waals surface area (Å²) >= 11 is 5.63. The van der Waals surface area contributed by atoms with E-state index in [0.29, 0.717) is 5.02 Å². The van der Waals surface area contributed by atoms with Crippen molar-refractivity contribution < 1.29 is 14.3 Å². The molecule has 0 fully saturated rings. The van der Waals surface area contributed by atoms with Crippen LogP contribution in [0.4, 0.5) is 14.9 Å². The summed E-state index contributed by atoms with van der Waals surface area (Å²) in [6, 6.07) is 3.25. The number of aliphatic hydroxyl groups excluding tert-OH is 1. The van der Waals surface area contributed by atoms with Crippen LogP contribution in [-0.4, -0.2) is 24.3 Å². The van der Waals surface area contributed by atoms with Gasteiger partial charge in [0.25, 0.3) is 0 Å². The molecule has 1 aromatic rings. The smallest absolute Gasteiger partial charge is 0.319 e. The molecule has 0 heterocycles. The van der Waals surface area contributed by atoms with Gasteiger partial charge in [-0.15, -0.1) is 0 Å². The Morgan fingerprint density at radius 2 is 2.27 bits per heavy atom. The minimum Gasteiger partial charge on any atom is -0.395 e. The van der Waals surface area contributed by atoms with E-state index < -0.39 is 11.8 Å². The van der Waals surface area contributed by atoms with Gasteiger partial charge in [-0.1, -0.05) is 11.6 Å². The molecule has 3 N–H and O–H groups in total. The summed E-state index contributed by atoms with van der Waals surface area (Å²) in [6.07, 6.45) is 0. The van der Waals surface area contributed by atoms with Gasteiger partial charge in [0.1, 0.15) is 5.82 Å². The molecule has 2 amide bonds. The molecule has 82 valence electrons. The van der Waals surface area contributed by atoms with Gasteiger partial charge in [-0.05, 0) is 18.2 Å². The fourth-order valence-corrected chi connectivity index (χ4v) is 1.10. The van der Waals surface area contributed by atoms with Crippen LogP contribution in [0.15, 0.2) is 18.2 Å². The Bertz CT molecular complexity index is 360. The van der Waals surface area contributed by atoms with Crippen molar-refractivity contribution in [2.75, 3.05) is 18.5 Å². The highest BCUT2D eigenvalue weighted by atomic mass is 35.5. The number of hydrogen-bond acceptors (Lipinski definition) is 2. The lowest BCUT2D eigenvalue weighted by Crippen LogP contribution is -2.31. The van der Waals surface area contributed by atoms with Crippen LogP contribution >= 0.6 is 11.6 Å². The van der Waals surface area contributed by atoms with Crippen molar-refractivity contribution in [2.24, 2.45) is 0 Å². The Morgan fingerprint density at radius 3 is 2.93 bits per heavy atom. The first kappa shape index (κ1) is 11.7. The van der Waals surface area contributed by atoms with Gasteiger partial charge in [0.2, 0.25) is 0 Å². The van der Waals surface area contributed by atoms with Gasteiger partial charge in [-0.2, -0.15) is 0 Å². The predicted octanol–water partition coefficient (Wildman–Crippen LogP) is 1.59. The number of hydrogen-bond donors (Lipinski definition) is 3. The van der Waals surface area contributed by atoms with E-state index in [2.05, 4.69) is 10.6 Å². The van der Waals surface area contributed by atoms with E-state index in [0.717, 1.165) is 6.07 Å². The number of urea groups is 1. The lowest BCUT2D eigenvalue weighted by Gasteiger charge is -2.07. The highest BCUT2D eigenvalue weighted by Gasteiger charge is 2.06. The molecule has 1 aromatic carbocycles. The van der Waals surface area contributed by atoms with Crippen molar-refractivity contribution in [3.63, 3.8) is 0 Å². The highest BCUT2D eigenvalue weighted by molar-refractivity contribution is 6.30. The minimum atomic E-state index is -0.592. The van der Waals surface area contributed by atoms with E-state index in [1.807, 2.05) is 0 Å². The topological polar surface area (TPSA) is 61.4 Å². The molecule has 0 aliphatic heterocycles. The van der Waals surface area contributed by atoms with Crippen molar-refractivity contribution in [1.29, 1.82) is 0 Å². The average Bonchev–Trinajstić information content (AvgIpc) is 2.20. The van der Waals surface area contributed by atoms with Gasteiger partial charge in [-0.25, -0.2) is 9.18 Å². The third-order valence-corrected chi connectivity index (χ3v) is 1.81. The van der Waals surface area contributed by atoms with E-state index in [-0.39, 0.29) is 18.8 Å². The molecule has 0 unspecified atom stereocenters. The van der Waals surface area contributed by atoms with Crippen LogP contribution in [0.25, 0.3) is 0 Å². The van der Waals surface area contributed by atoms with Crippen molar-refractivity contribution >= 4 is 23.3 Å². The summed E-state index contributed by atoms with van der Waals surface area (Å²) in [5.74, 6) is -0.571. The fourth-order valence-electron chi connectivity index (χ4n) is 0.929. The zero-order valence-electron chi connectivity index (χ0n) is 7.76. The van der Waals surface area contributed by atoms with Crippen molar-refractivity contribution in [2.45, 2.75) is 0 Å². The lowest BCUT2D eigenvalue weighted by atomic mass is 10.3. The summed E-state index contributed by atoms with van der Waals surface area (Å²) in [6.45, 7) is -0.0700. The third kappa shape index (κ3) is 3.73. The zero-order chi connectivity index (χ0) is 11.3. The largest absolute Gasteiger partial charge is 0.395 e. The number of aliphatic hydroxyl groups is 1. The molecule has 0 spiro atoms. The maximum atomic E-state index is 13.1. The molecule has 0 saturated heterocycles. The van der Waals surface area contributed by atoms with E-state index in [4.69, 9.17) is 16.7 Å². The molecule has 1 rings (SSSR count). The standard InChI is InChI=1S/C9H10ClFN2O2/c10-6-1-2-7(11)8(5-6)13-9(15)12-3-4-14/h1-2,5,14H,3-4H2,(H2,12,13,15). The van der Waals surface area contributed by atoms with Crippen LogP contribution in [0.1, 0.15) is 0 Å². The summed E-state index contributed by atoms with van der Waals surface area (Å²) in [5, 5.41) is 13.4. The second kappa shape index (κ2) is 5.53. The highest BCUT2D eigenvalue weighted by Crippen LogP contribution is 2.19. The Hall–Kier alpha value is -1.33. The molecule has 0 bridgehead atoms. The first-order valence-corrected chi connectivity index (χ1v) is 4.62. The number of rotatable bonds is 3. The van der Waals surface area contributed by atoms with E-state index in [1.165, 1.54) is 12.1 Å². The van der Waals surface area contributed by atoms with Crippen LogP contribution in [0.5, 0.6) is 0 Å². The first-order valence-electron chi connectivity index (χ1n) is 4.24. The summed E-state index contributed by atoms with van der Waals surface area (Å²) in [5.41, 5.74) is -0.00191. The molecule has 0 atom stereocenters. The number of carbonyl (C=O) groups excluding carboxylic acids is 1. The predicted molar refractivity (Wildman–Crippen MR) is 55.5 cm³/mol. The normalized spacial score (nSPS) is 9.80. The molecule has 0 aliphatic carbocycles. The van der Waals surface area contributed by atoms with E-state index in [9.17, 15) is 9.18 Å². The van der Waals surface area contributed by atoms with Gasteiger partial charge < -0.3 is 15.7 Å². The molecule has 0 aliphatic rings. The van der Waals surface area contributed by atoms with Crippen molar-refractivity contribution in [1.82, 2.24) is 5.32 Å². The quantitative estimate of drug-likeness (QED) is 0.741. The van der Waals surface area contributed by atoms with Crippen LogP contribution in [-0.2, 0) is 0 Å². The first-order chi connectivity index (χ1) is 7.13. The van der Waals surface area contributed by atoms with Gasteiger partial charge >= 0.3 is 6.03 Å². The number of amides is 2. The molecule has 0 saturated carbocycles. The molecule has 0 radical (unpaired) electrons. The van der Waals surface area contributed by atoms with E-state index >= 15 is 0 Å². The molecule has 4 nitrogen and oxygen atoms in total. The van der Waals surface area contributed by atoms with Gasteiger partial charge in [0.05, 0.1) is 12.3 Å². The lowest BCUT2D eigenvalue weighted by molar-refractivity contribution is 0.244. The van der Waals surface area contributed by atoms with Crippen LogP contribution in [0, 0.1) is 5.82 Å². The number of halogens is 2. The molecule has 0 aromatic heterocycles. The average molecular weight is 233 g/mol. The van der Waals surface area contributed by atoms with Crippen LogP contribution in [0.2, 0.25) is 5.02 Å². The number of nitrogens with one attached hydrogen (secondary N) is 2. The monoisotopic (exact) mass is 232 g/mol. The van der Waals surface area contributed by atoms with Gasteiger partial charge in [-0.3, -0.25) is 0 Å². The van der Waals surface area contributed by atoms with E-state index in [1.54, 1.807) is 0 Å². The zero-order valence-corrected chi connectivity index (χ0v) is 8.51. The minimum absolute atomic E-state index is 0.00191. The maximum absolute atomic E-state index is 13.1. The van der Waals surface area contributed by atoms with Gasteiger partial charge in [0.15, 0.2) is 0 Å². The molecular weight excluding hydrogens is 223 g/mol. The van der Waals surface area contributed by atoms with Crippen LogP contribution < -0.4 is 10.6 Å². The summed E-state index contributed by atoms with van der Waals surface area (Å²) in [4.78, 5) is 11.1. The maximum Gasteiger partial charge on any atom is 0.319 e. The summed E-state index contributed by atoms with van der Waals surface area (Å²) < 4.78 is 13.1. The fraction of sp³-hybridized carbons (Fsp3) is 0.222. The number of benzene rings is 1. The Kier molecular flexibility index (Phi) is 4.33. The Balaban J connectivity index is 2.63. The molecule has 6 heteroatoms. The van der Waals surface area contributed by atoms with Gasteiger partial charge in [0, 0.05) is 11.6 Å². The molecule has 15 heavy (non-hydrogen) atoms. The van der Waals surface area contributed by atoms with Crippen molar-refractivity contribution in [3.8, 4) is 0 Å². The number of anilines is 1. The number of carbonyl (C=O) groups is 1. The SMILES string of the molecule is O=C(NCCO)Nc1cc(Cl)ccc1F. The Labute approximate surface area is 91.1 Å². The second-order valence-electron chi connectivity index (χ2n) is 2.73.